The van der Waals surface area contributed by atoms with Gasteiger partial charge in [-0.2, -0.15) is 0 Å². The van der Waals surface area contributed by atoms with Crippen molar-refractivity contribution in [2.45, 2.75) is 13.8 Å². The monoisotopic (exact) mass is 156 g/mol. The van der Waals surface area contributed by atoms with E-state index >= 15 is 0 Å². The molecule has 0 saturated carbocycles. The van der Waals surface area contributed by atoms with Gasteiger partial charge in [0, 0.05) is 24.9 Å². The minimum absolute atomic E-state index is 0.133. The second-order valence-electron chi connectivity index (χ2n) is 3.50. The number of carbonyl (C=O) groups is 1. The fourth-order valence-corrected chi connectivity index (χ4v) is 1.26. The Kier molecular flexibility index (Phi) is 2.49. The van der Waals surface area contributed by atoms with Gasteiger partial charge in [-0.25, -0.2) is 0 Å². The molecule has 0 bridgehead atoms. The normalized spacial score (nSPS) is 18.7. The maximum Gasteiger partial charge on any atom is 0.225 e. The average molecular weight is 156 g/mol. The van der Waals surface area contributed by atoms with Crippen LogP contribution in [0.3, 0.4) is 0 Å². The minimum atomic E-state index is 0.133. The van der Waals surface area contributed by atoms with E-state index in [0.29, 0.717) is 12.5 Å². The Labute approximate surface area is 67.5 Å². The molecule has 1 aliphatic heterocycles. The van der Waals surface area contributed by atoms with E-state index in [1.165, 1.54) is 0 Å². The van der Waals surface area contributed by atoms with Crippen LogP contribution in [-0.2, 0) is 4.79 Å². The highest BCUT2D eigenvalue weighted by Crippen LogP contribution is 2.16. The van der Waals surface area contributed by atoms with Crippen LogP contribution < -0.4 is 5.73 Å². The number of nitrogens with two attached hydrogens (primary N) is 1. The molecule has 1 heterocycles. The van der Waals surface area contributed by atoms with Crippen LogP contribution in [0, 0.1) is 11.8 Å². The van der Waals surface area contributed by atoms with Gasteiger partial charge in [-0.1, -0.05) is 13.8 Å². The summed E-state index contributed by atoms with van der Waals surface area (Å²) in [4.78, 5) is 13.1. The molecule has 0 radical (unpaired) electrons. The number of rotatable bonds is 2. The highest BCUT2D eigenvalue weighted by Gasteiger charge is 2.30. The van der Waals surface area contributed by atoms with E-state index in [9.17, 15) is 4.79 Å². The number of nitrogens with zero attached hydrogens (tertiary/aromatic N) is 1. The van der Waals surface area contributed by atoms with Gasteiger partial charge in [0.25, 0.3) is 0 Å². The van der Waals surface area contributed by atoms with Crippen molar-refractivity contribution >= 4 is 5.91 Å². The molecule has 3 heteroatoms. The van der Waals surface area contributed by atoms with Gasteiger partial charge in [0.15, 0.2) is 0 Å². The first-order valence-electron chi connectivity index (χ1n) is 4.14. The van der Waals surface area contributed by atoms with Gasteiger partial charge in [0.05, 0.1) is 0 Å². The van der Waals surface area contributed by atoms with E-state index in [1.807, 2.05) is 18.7 Å². The van der Waals surface area contributed by atoms with E-state index in [-0.39, 0.29) is 11.8 Å². The van der Waals surface area contributed by atoms with Crippen LogP contribution in [0.25, 0.3) is 0 Å². The van der Waals surface area contributed by atoms with Gasteiger partial charge in [-0.15, -0.1) is 0 Å². The first kappa shape index (κ1) is 8.53. The first-order chi connectivity index (χ1) is 5.15. The van der Waals surface area contributed by atoms with Crippen molar-refractivity contribution in [1.29, 1.82) is 0 Å². The Morgan fingerprint density at radius 2 is 2.18 bits per heavy atom. The Balaban J connectivity index is 2.27. The zero-order chi connectivity index (χ0) is 8.43. The molecule has 1 amide bonds. The molecular formula is C8H16N2O. The van der Waals surface area contributed by atoms with Crippen molar-refractivity contribution in [2.75, 3.05) is 19.6 Å². The third-order valence-electron chi connectivity index (χ3n) is 2.10. The van der Waals surface area contributed by atoms with Crippen molar-refractivity contribution in [3.05, 3.63) is 0 Å². The maximum absolute atomic E-state index is 11.3. The topological polar surface area (TPSA) is 46.3 Å². The second-order valence-corrected chi connectivity index (χ2v) is 3.50. The summed E-state index contributed by atoms with van der Waals surface area (Å²) in [6.45, 7) is 6.30. The number of hydrogen-bond donors (Lipinski definition) is 1. The largest absolute Gasteiger partial charge is 0.342 e. The smallest absolute Gasteiger partial charge is 0.225 e. The van der Waals surface area contributed by atoms with E-state index in [4.69, 9.17) is 5.73 Å². The van der Waals surface area contributed by atoms with Gasteiger partial charge in [0.2, 0.25) is 5.91 Å². The Bertz CT molecular complexity index is 150. The second kappa shape index (κ2) is 3.22. The van der Waals surface area contributed by atoms with Crippen molar-refractivity contribution < 1.29 is 4.79 Å². The van der Waals surface area contributed by atoms with Crippen LogP contribution in [0.4, 0.5) is 0 Å². The number of carbonyl (C=O) groups excluding carboxylic acids is 1. The van der Waals surface area contributed by atoms with Gasteiger partial charge >= 0.3 is 0 Å². The fourth-order valence-electron chi connectivity index (χ4n) is 1.26. The number of likely N-dealkylation sites (tertiary alicyclic amines) is 1. The minimum Gasteiger partial charge on any atom is -0.342 e. The molecule has 1 fully saturated rings. The summed E-state index contributed by atoms with van der Waals surface area (Å²) in [7, 11) is 0. The molecule has 0 aromatic heterocycles. The molecular weight excluding hydrogens is 140 g/mol. The summed E-state index contributed by atoms with van der Waals surface area (Å²) in [5, 5.41) is 0. The predicted molar refractivity (Wildman–Crippen MR) is 44.0 cm³/mol. The molecule has 3 nitrogen and oxygen atoms in total. The third-order valence-corrected chi connectivity index (χ3v) is 2.10. The van der Waals surface area contributed by atoms with Gasteiger partial charge in [-0.3, -0.25) is 4.79 Å². The Hall–Kier alpha value is -0.570. The van der Waals surface area contributed by atoms with E-state index in [2.05, 4.69) is 0 Å². The third kappa shape index (κ3) is 1.71. The summed E-state index contributed by atoms with van der Waals surface area (Å²) in [6, 6.07) is 0. The Morgan fingerprint density at radius 1 is 1.64 bits per heavy atom. The highest BCUT2D eigenvalue weighted by molar-refractivity contribution is 5.78. The van der Waals surface area contributed by atoms with Crippen LogP contribution in [0.5, 0.6) is 0 Å². The molecule has 0 atom stereocenters. The standard InChI is InChI=1S/C8H16N2O/c1-6(2)8(11)10-4-7(3-9)5-10/h6-7H,3-5,9H2,1-2H3. The predicted octanol–water partition coefficient (Wildman–Crippen LogP) is 0.0595. The van der Waals surface area contributed by atoms with E-state index in [1.54, 1.807) is 0 Å². The first-order valence-corrected chi connectivity index (χ1v) is 4.14. The molecule has 1 aliphatic rings. The summed E-state index contributed by atoms with van der Waals surface area (Å²) in [5.41, 5.74) is 5.43. The lowest BCUT2D eigenvalue weighted by atomic mass is 9.98. The van der Waals surface area contributed by atoms with Crippen molar-refractivity contribution in [3.8, 4) is 0 Å². The molecule has 0 aromatic carbocycles. The highest BCUT2D eigenvalue weighted by atomic mass is 16.2. The van der Waals surface area contributed by atoms with Crippen molar-refractivity contribution in [3.63, 3.8) is 0 Å². The lowest BCUT2D eigenvalue weighted by Gasteiger charge is -2.39. The summed E-state index contributed by atoms with van der Waals surface area (Å²) < 4.78 is 0. The van der Waals surface area contributed by atoms with Crippen LogP contribution in [-0.4, -0.2) is 30.4 Å². The lowest BCUT2D eigenvalue weighted by molar-refractivity contribution is -0.140. The van der Waals surface area contributed by atoms with Crippen LogP contribution >= 0.6 is 0 Å². The molecule has 0 aromatic rings. The maximum atomic E-state index is 11.3. The van der Waals surface area contributed by atoms with Gasteiger partial charge in [-0.05, 0) is 6.54 Å². The van der Waals surface area contributed by atoms with Gasteiger partial charge in [0.1, 0.15) is 0 Å². The summed E-state index contributed by atoms with van der Waals surface area (Å²) in [5.74, 6) is 0.945. The molecule has 0 aliphatic carbocycles. The number of hydrogen-bond acceptors (Lipinski definition) is 2. The van der Waals surface area contributed by atoms with Crippen LogP contribution in [0.2, 0.25) is 0 Å². The van der Waals surface area contributed by atoms with Gasteiger partial charge < -0.3 is 10.6 Å². The molecule has 11 heavy (non-hydrogen) atoms. The van der Waals surface area contributed by atoms with Crippen molar-refractivity contribution in [1.82, 2.24) is 4.90 Å². The molecule has 0 spiro atoms. The quantitative estimate of drug-likeness (QED) is 0.614. The summed E-state index contributed by atoms with van der Waals surface area (Å²) in [6.07, 6.45) is 0. The molecule has 0 unspecified atom stereocenters. The van der Waals surface area contributed by atoms with Crippen LogP contribution in [0.15, 0.2) is 0 Å². The molecule has 64 valence electrons. The van der Waals surface area contributed by atoms with E-state index < -0.39 is 0 Å². The average Bonchev–Trinajstić information content (AvgIpc) is 1.85. The van der Waals surface area contributed by atoms with E-state index in [0.717, 1.165) is 13.1 Å². The molecule has 1 saturated heterocycles. The number of amides is 1. The zero-order valence-electron chi connectivity index (χ0n) is 7.21. The van der Waals surface area contributed by atoms with Crippen LogP contribution in [0.1, 0.15) is 13.8 Å². The Morgan fingerprint density at radius 3 is 2.55 bits per heavy atom. The van der Waals surface area contributed by atoms with Crippen molar-refractivity contribution in [2.24, 2.45) is 17.6 Å². The molecule has 2 N–H and O–H groups in total. The summed E-state index contributed by atoms with van der Waals surface area (Å²) >= 11 is 0. The SMILES string of the molecule is CC(C)C(=O)N1CC(CN)C1. The zero-order valence-corrected chi connectivity index (χ0v) is 7.21. The lowest BCUT2D eigenvalue weighted by Crippen LogP contribution is -2.53. The fraction of sp³-hybridized carbons (Fsp3) is 0.875. The molecule has 1 rings (SSSR count).